The summed E-state index contributed by atoms with van der Waals surface area (Å²) in [6, 6.07) is 24.8. The number of allylic oxidation sites excluding steroid dienone is 2. The van der Waals surface area contributed by atoms with E-state index in [4.69, 9.17) is 9.72 Å². The maximum absolute atomic E-state index is 13.5. The van der Waals surface area contributed by atoms with E-state index in [0.29, 0.717) is 51.8 Å². The van der Waals surface area contributed by atoms with Crippen LogP contribution in [0.5, 0.6) is 0 Å². The van der Waals surface area contributed by atoms with Gasteiger partial charge < -0.3 is 4.74 Å². The second kappa shape index (κ2) is 11.2. The van der Waals surface area contributed by atoms with Crippen LogP contribution in [0.1, 0.15) is 47.4 Å². The number of rotatable bonds is 7. The molecule has 4 atom stereocenters. The van der Waals surface area contributed by atoms with Crippen LogP contribution >= 0.6 is 0 Å². The van der Waals surface area contributed by atoms with Gasteiger partial charge in [-0.25, -0.2) is 9.78 Å². The molecule has 210 valence electrons. The molecular weight excluding hydrogens is 528 g/mol. The minimum atomic E-state index is -0.924. The highest BCUT2D eigenvalue weighted by Crippen LogP contribution is 2.40. The summed E-state index contributed by atoms with van der Waals surface area (Å²) in [4.78, 5) is 59.0. The number of anilines is 1. The van der Waals surface area contributed by atoms with E-state index in [9.17, 15) is 19.2 Å². The smallest absolute Gasteiger partial charge is 0.339 e. The second-order valence-corrected chi connectivity index (χ2v) is 10.8. The molecule has 0 saturated carbocycles. The lowest BCUT2D eigenvalue weighted by Gasteiger charge is -2.22. The maximum Gasteiger partial charge on any atom is 0.339 e. The van der Waals surface area contributed by atoms with Crippen LogP contribution in [0.4, 0.5) is 5.69 Å². The highest BCUT2D eigenvalue weighted by Gasteiger charge is 2.50. The predicted molar refractivity (Wildman–Crippen MR) is 160 cm³/mol. The highest BCUT2D eigenvalue weighted by molar-refractivity contribution is 6.22. The first-order chi connectivity index (χ1) is 20.4. The summed E-state index contributed by atoms with van der Waals surface area (Å²) in [6.07, 6.45) is 3.97. The van der Waals surface area contributed by atoms with Crippen LogP contribution in [-0.4, -0.2) is 34.7 Å². The monoisotopic (exact) mass is 558 g/mol. The number of ether oxygens (including phenoxy) is 1. The van der Waals surface area contributed by atoms with Crippen molar-refractivity contribution >= 4 is 40.2 Å². The van der Waals surface area contributed by atoms with Crippen LogP contribution in [0.15, 0.2) is 97.1 Å². The SMILES string of the molecule is CCC(OC(=O)c1cc(-c2ccc(N3C(=O)C4CC=CC(C)C4C3=O)cc2)nc2ccccc12)C(=O)c1ccccc1. The van der Waals surface area contributed by atoms with Gasteiger partial charge in [0, 0.05) is 16.5 Å². The first kappa shape index (κ1) is 27.3. The van der Waals surface area contributed by atoms with Crippen molar-refractivity contribution < 1.29 is 23.9 Å². The minimum Gasteiger partial charge on any atom is -0.450 e. The molecule has 1 saturated heterocycles. The van der Waals surface area contributed by atoms with Crippen molar-refractivity contribution in [2.45, 2.75) is 32.8 Å². The van der Waals surface area contributed by atoms with E-state index in [1.807, 2.05) is 43.3 Å². The molecule has 0 spiro atoms. The predicted octanol–water partition coefficient (Wildman–Crippen LogP) is 6.42. The lowest BCUT2D eigenvalue weighted by molar-refractivity contribution is -0.122. The first-order valence-corrected chi connectivity index (χ1v) is 14.2. The Balaban J connectivity index is 1.30. The van der Waals surface area contributed by atoms with Gasteiger partial charge in [0.2, 0.25) is 17.6 Å². The van der Waals surface area contributed by atoms with Crippen LogP contribution in [0.25, 0.3) is 22.2 Å². The number of fused-ring (bicyclic) bond motifs is 2. The molecular formula is C35H30N2O5. The average Bonchev–Trinajstić information content (AvgIpc) is 3.29. The summed E-state index contributed by atoms with van der Waals surface area (Å²) in [6.45, 7) is 3.78. The highest BCUT2D eigenvalue weighted by atomic mass is 16.5. The Morgan fingerprint density at radius 2 is 1.67 bits per heavy atom. The van der Waals surface area contributed by atoms with Gasteiger partial charge in [-0.2, -0.15) is 0 Å². The molecule has 2 aliphatic rings. The van der Waals surface area contributed by atoms with Crippen molar-refractivity contribution in [3.8, 4) is 11.3 Å². The maximum atomic E-state index is 13.5. The van der Waals surface area contributed by atoms with Gasteiger partial charge in [-0.1, -0.05) is 86.7 Å². The Bertz CT molecular complexity index is 1730. The third-order valence-corrected chi connectivity index (χ3v) is 8.20. The van der Waals surface area contributed by atoms with Crippen molar-refractivity contribution in [3.05, 3.63) is 108 Å². The number of hydrogen-bond donors (Lipinski definition) is 0. The Labute approximate surface area is 243 Å². The van der Waals surface area contributed by atoms with Crippen molar-refractivity contribution in [3.63, 3.8) is 0 Å². The Morgan fingerprint density at radius 1 is 0.952 bits per heavy atom. The van der Waals surface area contributed by atoms with Crippen LogP contribution in [-0.2, 0) is 14.3 Å². The average molecular weight is 559 g/mol. The number of para-hydroxylation sites is 1. The van der Waals surface area contributed by atoms with Gasteiger partial charge in [0.05, 0.1) is 34.3 Å². The van der Waals surface area contributed by atoms with Crippen molar-refractivity contribution in [1.82, 2.24) is 4.98 Å². The summed E-state index contributed by atoms with van der Waals surface area (Å²) in [5, 5.41) is 0.614. The molecule has 6 rings (SSSR count). The lowest BCUT2D eigenvalue weighted by Crippen LogP contribution is -2.31. The first-order valence-electron chi connectivity index (χ1n) is 14.2. The van der Waals surface area contributed by atoms with Crippen molar-refractivity contribution in [1.29, 1.82) is 0 Å². The molecule has 42 heavy (non-hydrogen) atoms. The van der Waals surface area contributed by atoms with Crippen LogP contribution < -0.4 is 4.90 Å². The number of aromatic nitrogens is 1. The van der Waals surface area contributed by atoms with Gasteiger partial charge in [0.15, 0.2) is 6.10 Å². The van der Waals surface area contributed by atoms with E-state index >= 15 is 0 Å². The summed E-state index contributed by atoms with van der Waals surface area (Å²) in [5.41, 5.74) is 3.13. The molecule has 0 N–H and O–H groups in total. The summed E-state index contributed by atoms with van der Waals surface area (Å²) in [7, 11) is 0. The number of Topliss-reactive ketones (excluding diaryl/α,β-unsaturated/α-hetero) is 1. The molecule has 2 amide bonds. The number of pyridine rings is 1. The molecule has 2 heterocycles. The van der Waals surface area contributed by atoms with Crippen LogP contribution in [0, 0.1) is 17.8 Å². The molecule has 7 heteroatoms. The third kappa shape index (κ3) is 4.81. The van der Waals surface area contributed by atoms with Gasteiger partial charge in [-0.15, -0.1) is 0 Å². The fourth-order valence-electron chi connectivity index (χ4n) is 5.98. The van der Waals surface area contributed by atoms with Crippen molar-refractivity contribution in [2.75, 3.05) is 4.90 Å². The van der Waals surface area contributed by atoms with Crippen LogP contribution in [0.2, 0.25) is 0 Å². The standard InChI is InChI=1S/C35H30N2O5/c1-3-30(32(38)23-11-5-4-6-12-23)42-35(41)27-20-29(36-28-15-8-7-13-25(27)28)22-16-18-24(19-17-22)37-33(39)26-14-9-10-21(2)31(26)34(37)40/h4-13,15-21,26,30-31H,3,14H2,1-2H3. The Morgan fingerprint density at radius 3 is 2.38 bits per heavy atom. The summed E-state index contributed by atoms with van der Waals surface area (Å²) in [5.74, 6) is -1.85. The zero-order chi connectivity index (χ0) is 29.4. The molecule has 0 radical (unpaired) electrons. The molecule has 0 bridgehead atoms. The quantitative estimate of drug-likeness (QED) is 0.112. The van der Waals surface area contributed by atoms with Crippen LogP contribution in [0.3, 0.4) is 0 Å². The van der Waals surface area contributed by atoms with Gasteiger partial charge in [0.1, 0.15) is 0 Å². The molecule has 1 aliphatic heterocycles. The van der Waals surface area contributed by atoms with Gasteiger partial charge >= 0.3 is 5.97 Å². The number of hydrogen-bond acceptors (Lipinski definition) is 6. The number of ketones is 1. The molecule has 1 aliphatic carbocycles. The fourth-order valence-corrected chi connectivity index (χ4v) is 5.98. The molecule has 3 aromatic carbocycles. The van der Waals surface area contributed by atoms with Gasteiger partial charge in [-0.05, 0) is 43.0 Å². The number of benzene rings is 3. The number of imide groups is 1. The van der Waals surface area contributed by atoms with Gasteiger partial charge in [0.25, 0.3) is 0 Å². The molecule has 4 unspecified atom stereocenters. The fraction of sp³-hybridized carbons (Fsp3) is 0.229. The van der Waals surface area contributed by atoms with E-state index in [1.165, 1.54) is 4.90 Å². The largest absolute Gasteiger partial charge is 0.450 e. The Hall–Kier alpha value is -4.91. The van der Waals surface area contributed by atoms with E-state index in [-0.39, 0.29) is 35.4 Å². The minimum absolute atomic E-state index is 0.0137. The molecule has 1 aromatic heterocycles. The number of carbonyl (C=O) groups excluding carboxylic acids is 4. The zero-order valence-corrected chi connectivity index (χ0v) is 23.4. The molecule has 1 fully saturated rings. The number of amides is 2. The normalized spacial score (nSPS) is 20.4. The molecule has 4 aromatic rings. The van der Waals surface area contributed by atoms with E-state index < -0.39 is 12.1 Å². The van der Waals surface area contributed by atoms with E-state index in [2.05, 4.69) is 0 Å². The second-order valence-electron chi connectivity index (χ2n) is 10.8. The van der Waals surface area contributed by atoms with E-state index in [0.717, 1.165) is 0 Å². The number of esters is 1. The topological polar surface area (TPSA) is 93.6 Å². The zero-order valence-electron chi connectivity index (χ0n) is 23.4. The Kier molecular flexibility index (Phi) is 7.25. The van der Waals surface area contributed by atoms with E-state index in [1.54, 1.807) is 67.6 Å². The number of nitrogens with zero attached hydrogens (tertiary/aromatic N) is 2. The third-order valence-electron chi connectivity index (χ3n) is 8.20. The van der Waals surface area contributed by atoms with Crippen molar-refractivity contribution in [2.24, 2.45) is 17.8 Å². The summed E-state index contributed by atoms with van der Waals surface area (Å²) < 4.78 is 5.76. The summed E-state index contributed by atoms with van der Waals surface area (Å²) >= 11 is 0. The molecule has 7 nitrogen and oxygen atoms in total. The lowest BCUT2D eigenvalue weighted by atomic mass is 9.78. The number of carbonyl (C=O) groups is 4. The van der Waals surface area contributed by atoms with Gasteiger partial charge in [-0.3, -0.25) is 19.3 Å².